The molecule has 0 bridgehead atoms. The van der Waals surface area contributed by atoms with E-state index in [-0.39, 0.29) is 5.02 Å². The van der Waals surface area contributed by atoms with Gasteiger partial charge in [-0.05, 0) is 29.8 Å². The number of benzene rings is 2. The molecule has 4 heteroatoms. The second kappa shape index (κ2) is 5.52. The molecule has 0 aromatic heterocycles. The zero-order valence-electron chi connectivity index (χ0n) is 9.45. The van der Waals surface area contributed by atoms with E-state index in [0.717, 1.165) is 11.3 Å². The van der Waals surface area contributed by atoms with E-state index in [1.165, 1.54) is 6.07 Å². The van der Waals surface area contributed by atoms with Crippen LogP contribution in [0.2, 0.25) is 5.02 Å². The summed E-state index contributed by atoms with van der Waals surface area (Å²) >= 11 is 5.70. The Bertz CT molecular complexity index is 605. The summed E-state index contributed by atoms with van der Waals surface area (Å²) in [7, 11) is 0. The van der Waals surface area contributed by atoms with Crippen molar-refractivity contribution in [3.63, 3.8) is 0 Å². The average Bonchev–Trinajstić information content (AvgIpc) is 2.40. The number of hydrogen-bond acceptors (Lipinski definition) is 2. The number of halogens is 2. The number of anilines is 1. The minimum absolute atomic E-state index is 0.0999. The van der Waals surface area contributed by atoms with Gasteiger partial charge in [0.25, 0.3) is 0 Å². The first-order valence-electron chi connectivity index (χ1n) is 5.37. The van der Waals surface area contributed by atoms with Crippen molar-refractivity contribution in [2.24, 2.45) is 0 Å². The summed E-state index contributed by atoms with van der Waals surface area (Å²) in [5, 5.41) is 12.2. The lowest BCUT2D eigenvalue weighted by molar-refractivity contribution is 0.627. The molecule has 0 fully saturated rings. The molecule has 0 heterocycles. The zero-order valence-corrected chi connectivity index (χ0v) is 10.2. The Balaban J connectivity index is 2.12. The summed E-state index contributed by atoms with van der Waals surface area (Å²) in [4.78, 5) is 0. The molecule has 2 rings (SSSR count). The first-order chi connectivity index (χ1) is 8.70. The highest BCUT2D eigenvalue weighted by Crippen LogP contribution is 2.18. The van der Waals surface area contributed by atoms with Gasteiger partial charge in [0.1, 0.15) is 11.9 Å². The predicted molar refractivity (Wildman–Crippen MR) is 69.9 cm³/mol. The molecule has 1 N–H and O–H groups in total. The second-order valence-electron chi connectivity index (χ2n) is 3.76. The summed E-state index contributed by atoms with van der Waals surface area (Å²) in [6, 6.07) is 13.9. The monoisotopic (exact) mass is 260 g/mol. The van der Waals surface area contributed by atoms with Gasteiger partial charge >= 0.3 is 0 Å². The Labute approximate surface area is 110 Å². The molecule has 0 unspecified atom stereocenters. The third-order valence-corrected chi connectivity index (χ3v) is 2.80. The minimum Gasteiger partial charge on any atom is -0.380 e. The van der Waals surface area contributed by atoms with Gasteiger partial charge in [-0.15, -0.1) is 0 Å². The molecule has 0 atom stereocenters. The van der Waals surface area contributed by atoms with Gasteiger partial charge in [0, 0.05) is 6.54 Å². The van der Waals surface area contributed by atoms with E-state index in [2.05, 4.69) is 11.4 Å². The van der Waals surface area contributed by atoms with E-state index in [1.807, 2.05) is 12.1 Å². The third kappa shape index (κ3) is 2.79. The molecule has 0 saturated heterocycles. The normalized spacial score (nSPS) is 9.83. The minimum atomic E-state index is -0.433. The lowest BCUT2D eigenvalue weighted by atomic mass is 10.1. The fourth-order valence-corrected chi connectivity index (χ4v) is 1.78. The van der Waals surface area contributed by atoms with Crippen LogP contribution in [-0.4, -0.2) is 0 Å². The maximum atomic E-state index is 13.0. The zero-order chi connectivity index (χ0) is 13.0. The van der Waals surface area contributed by atoms with Crippen LogP contribution in [0.25, 0.3) is 0 Å². The SMILES string of the molecule is N#Cc1ccccc1NCc1ccc(F)c(Cl)c1. The quantitative estimate of drug-likeness (QED) is 0.907. The van der Waals surface area contributed by atoms with Gasteiger partial charge in [0.2, 0.25) is 0 Å². The standard InChI is InChI=1S/C14H10ClFN2/c15-12-7-10(5-6-13(12)16)9-18-14-4-2-1-3-11(14)8-17/h1-7,18H,9H2. The Morgan fingerprint density at radius 2 is 2.00 bits per heavy atom. The van der Waals surface area contributed by atoms with Crippen LogP contribution < -0.4 is 5.32 Å². The number of nitriles is 1. The van der Waals surface area contributed by atoms with Crippen molar-refractivity contribution < 1.29 is 4.39 Å². The molecule has 0 spiro atoms. The van der Waals surface area contributed by atoms with Gasteiger partial charge in [-0.2, -0.15) is 5.26 Å². The molecule has 2 aromatic carbocycles. The third-order valence-electron chi connectivity index (χ3n) is 2.51. The molecular weight excluding hydrogens is 251 g/mol. The Hall–Kier alpha value is -2.05. The summed E-state index contributed by atoms with van der Waals surface area (Å²) in [5.74, 6) is -0.433. The highest BCUT2D eigenvalue weighted by Gasteiger charge is 2.03. The Kier molecular flexibility index (Phi) is 3.81. The topological polar surface area (TPSA) is 35.8 Å². The molecule has 0 saturated carbocycles. The lowest BCUT2D eigenvalue weighted by Gasteiger charge is -2.08. The summed E-state index contributed by atoms with van der Waals surface area (Å²) < 4.78 is 13.0. The van der Waals surface area contributed by atoms with Crippen LogP contribution in [0.5, 0.6) is 0 Å². The van der Waals surface area contributed by atoms with Gasteiger partial charge in [0.15, 0.2) is 0 Å². The van der Waals surface area contributed by atoms with Gasteiger partial charge in [-0.3, -0.25) is 0 Å². The number of rotatable bonds is 3. The molecule has 0 amide bonds. The van der Waals surface area contributed by atoms with E-state index in [0.29, 0.717) is 12.1 Å². The Morgan fingerprint density at radius 3 is 2.72 bits per heavy atom. The lowest BCUT2D eigenvalue weighted by Crippen LogP contribution is -2.01. The fourth-order valence-electron chi connectivity index (χ4n) is 1.58. The maximum absolute atomic E-state index is 13.0. The van der Waals surface area contributed by atoms with Crippen LogP contribution in [0.15, 0.2) is 42.5 Å². The smallest absolute Gasteiger partial charge is 0.141 e. The molecule has 0 aliphatic rings. The molecule has 0 radical (unpaired) electrons. The van der Waals surface area contributed by atoms with E-state index >= 15 is 0 Å². The molecule has 0 aliphatic carbocycles. The average molecular weight is 261 g/mol. The molecule has 2 aromatic rings. The number of para-hydroxylation sites is 1. The van der Waals surface area contributed by atoms with Crippen molar-refractivity contribution in [1.29, 1.82) is 5.26 Å². The van der Waals surface area contributed by atoms with Crippen LogP contribution in [0.4, 0.5) is 10.1 Å². The van der Waals surface area contributed by atoms with Crippen molar-refractivity contribution in [3.05, 3.63) is 64.4 Å². The van der Waals surface area contributed by atoms with Crippen molar-refractivity contribution in [1.82, 2.24) is 0 Å². The van der Waals surface area contributed by atoms with E-state index < -0.39 is 5.82 Å². The first-order valence-corrected chi connectivity index (χ1v) is 5.75. The van der Waals surface area contributed by atoms with E-state index in [9.17, 15) is 4.39 Å². The van der Waals surface area contributed by atoms with Crippen LogP contribution in [0, 0.1) is 17.1 Å². The van der Waals surface area contributed by atoms with Crippen molar-refractivity contribution >= 4 is 17.3 Å². The van der Waals surface area contributed by atoms with Gasteiger partial charge in [-0.25, -0.2) is 4.39 Å². The highest BCUT2D eigenvalue weighted by atomic mass is 35.5. The van der Waals surface area contributed by atoms with Gasteiger partial charge < -0.3 is 5.32 Å². The van der Waals surface area contributed by atoms with E-state index in [1.54, 1.807) is 24.3 Å². The molecule has 18 heavy (non-hydrogen) atoms. The molecule has 2 nitrogen and oxygen atoms in total. The highest BCUT2D eigenvalue weighted by molar-refractivity contribution is 6.30. The van der Waals surface area contributed by atoms with Crippen molar-refractivity contribution in [2.75, 3.05) is 5.32 Å². The molecule has 0 aliphatic heterocycles. The maximum Gasteiger partial charge on any atom is 0.141 e. The van der Waals surface area contributed by atoms with Crippen molar-refractivity contribution in [3.8, 4) is 6.07 Å². The fraction of sp³-hybridized carbons (Fsp3) is 0.0714. The number of hydrogen-bond donors (Lipinski definition) is 1. The first kappa shape index (κ1) is 12.4. The summed E-state index contributed by atoms with van der Waals surface area (Å²) in [5.41, 5.74) is 2.18. The van der Waals surface area contributed by atoms with Crippen LogP contribution in [0.1, 0.15) is 11.1 Å². The number of nitrogens with zero attached hydrogens (tertiary/aromatic N) is 1. The molecular formula is C14H10ClFN2. The van der Waals surface area contributed by atoms with Crippen molar-refractivity contribution in [2.45, 2.75) is 6.54 Å². The van der Waals surface area contributed by atoms with Crippen LogP contribution in [-0.2, 0) is 6.54 Å². The summed E-state index contributed by atoms with van der Waals surface area (Å²) in [6.45, 7) is 0.485. The van der Waals surface area contributed by atoms with Gasteiger partial charge in [-0.1, -0.05) is 29.8 Å². The Morgan fingerprint density at radius 1 is 1.22 bits per heavy atom. The van der Waals surface area contributed by atoms with Crippen LogP contribution in [0.3, 0.4) is 0 Å². The summed E-state index contributed by atoms with van der Waals surface area (Å²) in [6.07, 6.45) is 0. The predicted octanol–water partition coefficient (Wildman–Crippen LogP) is 3.96. The van der Waals surface area contributed by atoms with Gasteiger partial charge in [0.05, 0.1) is 16.3 Å². The second-order valence-corrected chi connectivity index (χ2v) is 4.17. The number of nitrogens with one attached hydrogen (secondary N) is 1. The van der Waals surface area contributed by atoms with Crippen LogP contribution >= 0.6 is 11.6 Å². The van der Waals surface area contributed by atoms with E-state index in [4.69, 9.17) is 16.9 Å². The largest absolute Gasteiger partial charge is 0.380 e. The molecule has 90 valence electrons.